The standard InChI is InChI=1S/C16H18F3N3O2S2/c1-2-13-4-6-15(25-13)26(23,24)21-12-7-8-22(10-12)14-5-3-11(9-20-14)16(17,18)19/h3-6,9,12,21H,2,7-8,10H2,1H3. The van der Waals surface area contributed by atoms with Gasteiger partial charge in [0.05, 0.1) is 5.56 Å². The van der Waals surface area contributed by atoms with Crippen LogP contribution in [0.2, 0.25) is 0 Å². The molecule has 1 atom stereocenters. The molecule has 10 heteroatoms. The van der Waals surface area contributed by atoms with Gasteiger partial charge in [-0.15, -0.1) is 11.3 Å². The maximum absolute atomic E-state index is 12.6. The summed E-state index contributed by atoms with van der Waals surface area (Å²) in [6, 6.07) is 5.38. The van der Waals surface area contributed by atoms with Crippen molar-refractivity contribution >= 4 is 27.2 Å². The molecule has 0 saturated carbocycles. The number of hydrogen-bond acceptors (Lipinski definition) is 5. The number of aromatic nitrogens is 1. The second-order valence-corrected chi connectivity index (χ2v) is 9.14. The zero-order valence-corrected chi connectivity index (χ0v) is 15.6. The molecule has 0 bridgehead atoms. The number of halogens is 3. The lowest BCUT2D eigenvalue weighted by molar-refractivity contribution is -0.137. The van der Waals surface area contributed by atoms with E-state index in [1.54, 1.807) is 17.0 Å². The number of hydrogen-bond donors (Lipinski definition) is 1. The van der Waals surface area contributed by atoms with Gasteiger partial charge in [-0.1, -0.05) is 6.92 Å². The van der Waals surface area contributed by atoms with Crippen LogP contribution in [0.4, 0.5) is 19.0 Å². The maximum atomic E-state index is 12.6. The summed E-state index contributed by atoms with van der Waals surface area (Å²) in [6.07, 6.45) is -2.29. The SMILES string of the molecule is CCc1ccc(S(=O)(=O)NC2CCN(c3ccc(C(F)(F)F)cn3)C2)s1. The monoisotopic (exact) mass is 405 g/mol. The van der Waals surface area contributed by atoms with Gasteiger partial charge < -0.3 is 4.90 Å². The van der Waals surface area contributed by atoms with E-state index in [0.29, 0.717) is 25.3 Å². The second kappa shape index (κ2) is 7.16. The number of thiophene rings is 1. The van der Waals surface area contributed by atoms with Crippen molar-refractivity contribution in [3.8, 4) is 0 Å². The van der Waals surface area contributed by atoms with Crippen LogP contribution in [0.15, 0.2) is 34.7 Å². The van der Waals surface area contributed by atoms with Gasteiger partial charge in [0, 0.05) is 30.2 Å². The van der Waals surface area contributed by atoms with Crippen LogP contribution in [0, 0.1) is 0 Å². The quantitative estimate of drug-likeness (QED) is 0.829. The predicted molar refractivity (Wildman–Crippen MR) is 93.9 cm³/mol. The topological polar surface area (TPSA) is 62.3 Å². The molecule has 1 unspecified atom stereocenters. The molecule has 2 aromatic rings. The zero-order chi connectivity index (χ0) is 18.9. The van der Waals surface area contributed by atoms with Crippen molar-refractivity contribution in [3.05, 3.63) is 40.9 Å². The van der Waals surface area contributed by atoms with E-state index in [0.717, 1.165) is 23.6 Å². The number of pyridine rings is 1. The third-order valence-electron chi connectivity index (χ3n) is 4.16. The average Bonchev–Trinajstić information content (AvgIpc) is 3.23. The van der Waals surface area contributed by atoms with Crippen LogP contribution >= 0.6 is 11.3 Å². The van der Waals surface area contributed by atoms with Crippen molar-refractivity contribution in [2.24, 2.45) is 0 Å². The van der Waals surface area contributed by atoms with Crippen molar-refractivity contribution in [2.45, 2.75) is 36.2 Å². The van der Waals surface area contributed by atoms with E-state index < -0.39 is 21.8 Å². The third kappa shape index (κ3) is 4.18. The lowest BCUT2D eigenvalue weighted by Gasteiger charge is -2.18. The lowest BCUT2D eigenvalue weighted by Crippen LogP contribution is -2.36. The van der Waals surface area contributed by atoms with E-state index >= 15 is 0 Å². The van der Waals surface area contributed by atoms with E-state index in [1.165, 1.54) is 17.4 Å². The summed E-state index contributed by atoms with van der Waals surface area (Å²) in [5.41, 5.74) is -0.804. The molecule has 2 aromatic heterocycles. The Hall–Kier alpha value is -1.65. The van der Waals surface area contributed by atoms with E-state index in [-0.39, 0.29) is 10.3 Å². The van der Waals surface area contributed by atoms with Gasteiger partial charge in [0.25, 0.3) is 0 Å². The van der Waals surface area contributed by atoms with Crippen LogP contribution in [0.3, 0.4) is 0 Å². The highest BCUT2D eigenvalue weighted by Gasteiger charge is 2.32. The van der Waals surface area contributed by atoms with E-state index in [9.17, 15) is 21.6 Å². The van der Waals surface area contributed by atoms with Crippen LogP contribution in [0.5, 0.6) is 0 Å². The van der Waals surface area contributed by atoms with Crippen molar-refractivity contribution in [1.82, 2.24) is 9.71 Å². The Morgan fingerprint density at radius 3 is 2.65 bits per heavy atom. The predicted octanol–water partition coefficient (Wildman–Crippen LogP) is 3.28. The number of nitrogens with one attached hydrogen (secondary N) is 1. The molecule has 0 spiro atoms. The zero-order valence-electron chi connectivity index (χ0n) is 14.0. The van der Waals surface area contributed by atoms with Gasteiger partial charge in [-0.05, 0) is 37.1 Å². The van der Waals surface area contributed by atoms with E-state index in [4.69, 9.17) is 0 Å². The number of rotatable bonds is 5. The third-order valence-corrected chi connectivity index (χ3v) is 7.40. The van der Waals surface area contributed by atoms with Gasteiger partial charge in [0.15, 0.2) is 0 Å². The summed E-state index contributed by atoms with van der Waals surface area (Å²) in [6.45, 7) is 2.85. The average molecular weight is 405 g/mol. The Kier molecular flexibility index (Phi) is 5.27. The molecule has 0 aromatic carbocycles. The molecule has 0 amide bonds. The smallest absolute Gasteiger partial charge is 0.355 e. The number of anilines is 1. The molecular weight excluding hydrogens is 387 g/mol. The van der Waals surface area contributed by atoms with Crippen molar-refractivity contribution in [1.29, 1.82) is 0 Å². The largest absolute Gasteiger partial charge is 0.417 e. The molecule has 1 aliphatic rings. The molecular formula is C16H18F3N3O2S2. The Bertz CT molecular complexity index is 864. The molecule has 0 radical (unpaired) electrons. The van der Waals surface area contributed by atoms with Gasteiger partial charge >= 0.3 is 6.18 Å². The Balaban J connectivity index is 1.65. The molecule has 1 fully saturated rings. The first-order chi connectivity index (χ1) is 12.2. The molecule has 3 heterocycles. The van der Waals surface area contributed by atoms with Crippen LogP contribution in [0.25, 0.3) is 0 Å². The molecule has 5 nitrogen and oxygen atoms in total. The fourth-order valence-corrected chi connectivity index (χ4v) is 5.35. The van der Waals surface area contributed by atoms with E-state index in [2.05, 4.69) is 9.71 Å². The summed E-state index contributed by atoms with van der Waals surface area (Å²) < 4.78 is 65.7. The maximum Gasteiger partial charge on any atom is 0.417 e. The Morgan fingerprint density at radius 1 is 1.31 bits per heavy atom. The van der Waals surface area contributed by atoms with Crippen molar-refractivity contribution in [3.63, 3.8) is 0 Å². The molecule has 1 N–H and O–H groups in total. The molecule has 0 aliphatic carbocycles. The molecule has 1 saturated heterocycles. The van der Waals surface area contributed by atoms with Crippen molar-refractivity contribution in [2.75, 3.05) is 18.0 Å². The Morgan fingerprint density at radius 2 is 2.08 bits per heavy atom. The minimum Gasteiger partial charge on any atom is -0.355 e. The normalized spacial score (nSPS) is 18.5. The summed E-state index contributed by atoms with van der Waals surface area (Å²) in [4.78, 5) is 6.63. The van der Waals surface area contributed by atoms with Gasteiger partial charge in [-0.3, -0.25) is 0 Å². The number of nitrogens with zero attached hydrogens (tertiary/aromatic N) is 2. The number of alkyl halides is 3. The summed E-state index contributed by atoms with van der Waals surface area (Å²) in [5, 5.41) is 0. The number of aryl methyl sites for hydroxylation is 1. The fourth-order valence-electron chi connectivity index (χ4n) is 2.78. The van der Waals surface area contributed by atoms with Gasteiger partial charge in [0.2, 0.25) is 10.0 Å². The van der Waals surface area contributed by atoms with Crippen LogP contribution in [0.1, 0.15) is 23.8 Å². The van der Waals surface area contributed by atoms with Crippen LogP contribution in [-0.2, 0) is 22.6 Å². The van der Waals surface area contributed by atoms with Gasteiger partial charge in [-0.2, -0.15) is 13.2 Å². The van der Waals surface area contributed by atoms with Gasteiger partial charge in [-0.25, -0.2) is 18.1 Å². The van der Waals surface area contributed by atoms with Crippen LogP contribution in [-0.4, -0.2) is 32.5 Å². The number of sulfonamides is 1. The first-order valence-electron chi connectivity index (χ1n) is 8.08. The summed E-state index contributed by atoms with van der Waals surface area (Å²) in [5.74, 6) is 0.407. The Labute approximate surface area is 153 Å². The first kappa shape index (κ1) is 19.1. The van der Waals surface area contributed by atoms with E-state index in [1.807, 2.05) is 6.92 Å². The van der Waals surface area contributed by atoms with Crippen molar-refractivity contribution < 1.29 is 21.6 Å². The fraction of sp³-hybridized carbons (Fsp3) is 0.438. The summed E-state index contributed by atoms with van der Waals surface area (Å²) >= 11 is 1.24. The molecule has 26 heavy (non-hydrogen) atoms. The minimum atomic E-state index is -4.42. The highest BCUT2D eigenvalue weighted by Crippen LogP contribution is 2.30. The second-order valence-electron chi connectivity index (χ2n) is 6.03. The first-order valence-corrected chi connectivity index (χ1v) is 10.4. The highest BCUT2D eigenvalue weighted by molar-refractivity contribution is 7.91. The lowest BCUT2D eigenvalue weighted by atomic mass is 10.3. The molecule has 142 valence electrons. The summed E-state index contributed by atoms with van der Waals surface area (Å²) in [7, 11) is -3.59. The van der Waals surface area contributed by atoms with Crippen LogP contribution < -0.4 is 9.62 Å². The minimum absolute atomic E-state index is 0.278. The van der Waals surface area contributed by atoms with Gasteiger partial charge in [0.1, 0.15) is 10.0 Å². The highest BCUT2D eigenvalue weighted by atomic mass is 32.2. The molecule has 1 aliphatic heterocycles. The molecule has 3 rings (SSSR count).